The Morgan fingerprint density at radius 2 is 2.05 bits per heavy atom. The zero-order chi connectivity index (χ0) is 14.8. The molecule has 0 radical (unpaired) electrons. The third-order valence-corrected chi connectivity index (χ3v) is 3.74. The first-order valence-electron chi connectivity index (χ1n) is 7.21. The van der Waals surface area contributed by atoms with Gasteiger partial charge in [0.1, 0.15) is 5.82 Å². The normalized spacial score (nSPS) is 23.3. The lowest BCUT2D eigenvalue weighted by molar-refractivity contribution is -0.120. The molecule has 3 amide bonds. The van der Waals surface area contributed by atoms with Gasteiger partial charge in [0.05, 0.1) is 6.54 Å². The SMILES string of the molecule is O=C(CNC(=O)NC1CC1)N[C@@H]1C[C@@H]1c1cccc(F)c1. The molecule has 0 bridgehead atoms. The summed E-state index contributed by atoms with van der Waals surface area (Å²) in [6.45, 7) is -0.0368. The Balaban J connectivity index is 1.39. The van der Waals surface area contributed by atoms with Gasteiger partial charge < -0.3 is 16.0 Å². The van der Waals surface area contributed by atoms with Crippen LogP contribution in [-0.4, -0.2) is 30.6 Å². The van der Waals surface area contributed by atoms with Gasteiger partial charge in [-0.3, -0.25) is 4.79 Å². The second kappa shape index (κ2) is 5.71. The fourth-order valence-corrected chi connectivity index (χ4v) is 2.34. The van der Waals surface area contributed by atoms with E-state index in [2.05, 4.69) is 16.0 Å². The Bertz CT molecular complexity index is 560. The number of halogens is 1. The minimum atomic E-state index is -0.301. The lowest BCUT2D eigenvalue weighted by Gasteiger charge is -2.07. The van der Waals surface area contributed by atoms with Gasteiger partial charge in [0, 0.05) is 18.0 Å². The molecule has 2 aliphatic carbocycles. The Kier molecular flexibility index (Phi) is 3.77. The number of nitrogens with one attached hydrogen (secondary N) is 3. The van der Waals surface area contributed by atoms with Crippen LogP contribution < -0.4 is 16.0 Å². The number of hydrogen-bond acceptors (Lipinski definition) is 2. The molecule has 3 N–H and O–H groups in total. The Morgan fingerprint density at radius 1 is 1.24 bits per heavy atom. The molecule has 0 saturated heterocycles. The zero-order valence-electron chi connectivity index (χ0n) is 11.6. The van der Waals surface area contributed by atoms with Crippen LogP contribution in [0, 0.1) is 5.82 Å². The van der Waals surface area contributed by atoms with Crippen LogP contribution in [0.3, 0.4) is 0 Å². The second-order valence-electron chi connectivity index (χ2n) is 5.67. The number of amides is 3. The molecule has 21 heavy (non-hydrogen) atoms. The molecule has 0 unspecified atom stereocenters. The summed E-state index contributed by atoms with van der Waals surface area (Å²) < 4.78 is 13.1. The van der Waals surface area contributed by atoms with Gasteiger partial charge in [-0.1, -0.05) is 12.1 Å². The van der Waals surface area contributed by atoms with Crippen molar-refractivity contribution in [3.05, 3.63) is 35.6 Å². The van der Waals surface area contributed by atoms with Crippen LogP contribution in [0.5, 0.6) is 0 Å². The van der Waals surface area contributed by atoms with Gasteiger partial charge >= 0.3 is 6.03 Å². The zero-order valence-corrected chi connectivity index (χ0v) is 11.6. The minimum absolute atomic E-state index is 0.0348. The molecule has 0 heterocycles. The number of rotatable bonds is 5. The van der Waals surface area contributed by atoms with E-state index in [4.69, 9.17) is 0 Å². The van der Waals surface area contributed by atoms with E-state index in [1.165, 1.54) is 12.1 Å². The highest BCUT2D eigenvalue weighted by Crippen LogP contribution is 2.40. The topological polar surface area (TPSA) is 70.2 Å². The molecular formula is C15H18FN3O2. The van der Waals surface area contributed by atoms with Crippen LogP contribution in [0.2, 0.25) is 0 Å². The first-order chi connectivity index (χ1) is 10.1. The van der Waals surface area contributed by atoms with Crippen molar-refractivity contribution in [1.82, 2.24) is 16.0 Å². The van der Waals surface area contributed by atoms with Gasteiger partial charge in [0.25, 0.3) is 0 Å². The van der Waals surface area contributed by atoms with E-state index in [9.17, 15) is 14.0 Å². The lowest BCUT2D eigenvalue weighted by Crippen LogP contribution is -2.43. The summed E-state index contributed by atoms with van der Waals surface area (Å²) in [6, 6.07) is 6.44. The first kappa shape index (κ1) is 13.9. The van der Waals surface area contributed by atoms with Gasteiger partial charge in [-0.25, -0.2) is 9.18 Å². The van der Waals surface area contributed by atoms with Gasteiger partial charge in [-0.15, -0.1) is 0 Å². The standard InChI is InChI=1S/C15H18FN3O2/c16-10-3-1-2-9(6-10)12-7-13(12)19-14(20)8-17-15(21)18-11-4-5-11/h1-3,6,11-13H,4-5,7-8H2,(H,19,20)(H2,17,18,21)/t12-,13-/m1/s1. The van der Waals surface area contributed by atoms with Crippen molar-refractivity contribution in [3.8, 4) is 0 Å². The average molecular weight is 291 g/mol. The third-order valence-electron chi connectivity index (χ3n) is 3.74. The highest BCUT2D eigenvalue weighted by Gasteiger charge is 2.39. The number of hydrogen-bond donors (Lipinski definition) is 3. The summed E-state index contributed by atoms with van der Waals surface area (Å²) in [7, 11) is 0. The van der Waals surface area contributed by atoms with E-state index in [1.807, 2.05) is 6.07 Å². The molecule has 5 nitrogen and oxygen atoms in total. The van der Waals surface area contributed by atoms with Crippen LogP contribution in [0.25, 0.3) is 0 Å². The van der Waals surface area contributed by atoms with E-state index in [-0.39, 0.29) is 42.3 Å². The molecule has 1 aromatic carbocycles. The second-order valence-corrected chi connectivity index (χ2v) is 5.67. The summed E-state index contributed by atoms with van der Waals surface area (Å²) in [5.41, 5.74) is 0.903. The lowest BCUT2D eigenvalue weighted by atomic mass is 10.1. The van der Waals surface area contributed by atoms with Gasteiger partial charge in [0.2, 0.25) is 5.91 Å². The van der Waals surface area contributed by atoms with Crippen molar-refractivity contribution in [3.63, 3.8) is 0 Å². The molecule has 2 fully saturated rings. The highest BCUT2D eigenvalue weighted by molar-refractivity contribution is 5.84. The predicted octanol–water partition coefficient (Wildman–Crippen LogP) is 1.26. The summed E-state index contributed by atoms with van der Waals surface area (Å²) in [4.78, 5) is 23.1. The molecular weight excluding hydrogens is 273 g/mol. The van der Waals surface area contributed by atoms with Crippen molar-refractivity contribution in [2.45, 2.75) is 37.3 Å². The summed E-state index contributed by atoms with van der Waals surface area (Å²) in [6.07, 6.45) is 2.83. The number of carbonyl (C=O) groups excluding carboxylic acids is 2. The molecule has 0 aliphatic heterocycles. The number of urea groups is 1. The summed E-state index contributed by atoms with van der Waals surface area (Å²) in [5.74, 6) is -0.308. The predicted molar refractivity (Wildman–Crippen MR) is 75.2 cm³/mol. The van der Waals surface area contributed by atoms with Crippen LogP contribution in [-0.2, 0) is 4.79 Å². The summed E-state index contributed by atoms with van der Waals surface area (Å²) in [5, 5.41) is 8.12. The highest BCUT2D eigenvalue weighted by atomic mass is 19.1. The number of carbonyl (C=O) groups is 2. The van der Waals surface area contributed by atoms with Crippen LogP contribution in [0.1, 0.15) is 30.7 Å². The van der Waals surface area contributed by atoms with Crippen LogP contribution in [0.15, 0.2) is 24.3 Å². The maximum atomic E-state index is 13.1. The Morgan fingerprint density at radius 3 is 2.76 bits per heavy atom. The number of benzene rings is 1. The quantitative estimate of drug-likeness (QED) is 0.764. The minimum Gasteiger partial charge on any atom is -0.351 e. The molecule has 1 aromatic rings. The van der Waals surface area contributed by atoms with Gasteiger partial charge in [-0.05, 0) is 37.0 Å². The molecule has 2 atom stereocenters. The van der Waals surface area contributed by atoms with Crippen LogP contribution >= 0.6 is 0 Å². The van der Waals surface area contributed by atoms with Crippen molar-refractivity contribution >= 4 is 11.9 Å². The van der Waals surface area contributed by atoms with E-state index < -0.39 is 0 Å². The Hall–Kier alpha value is -2.11. The smallest absolute Gasteiger partial charge is 0.315 e. The van der Waals surface area contributed by atoms with E-state index in [0.29, 0.717) is 0 Å². The van der Waals surface area contributed by atoms with Crippen molar-refractivity contribution in [1.29, 1.82) is 0 Å². The monoisotopic (exact) mass is 291 g/mol. The van der Waals surface area contributed by atoms with Crippen molar-refractivity contribution in [2.24, 2.45) is 0 Å². The molecule has 3 rings (SSSR count). The largest absolute Gasteiger partial charge is 0.351 e. The molecule has 0 aromatic heterocycles. The van der Waals surface area contributed by atoms with Crippen molar-refractivity contribution in [2.75, 3.05) is 6.54 Å². The maximum Gasteiger partial charge on any atom is 0.315 e. The fourth-order valence-electron chi connectivity index (χ4n) is 2.34. The maximum absolute atomic E-state index is 13.1. The van der Waals surface area contributed by atoms with Crippen molar-refractivity contribution < 1.29 is 14.0 Å². The van der Waals surface area contributed by atoms with Gasteiger partial charge in [-0.2, -0.15) is 0 Å². The molecule has 0 spiro atoms. The van der Waals surface area contributed by atoms with E-state index in [1.54, 1.807) is 6.07 Å². The first-order valence-corrected chi connectivity index (χ1v) is 7.21. The average Bonchev–Trinajstić information content (AvgIpc) is 3.33. The summed E-state index contributed by atoms with van der Waals surface area (Å²) >= 11 is 0. The Labute approximate surface area is 122 Å². The fraction of sp³-hybridized carbons (Fsp3) is 0.467. The van der Waals surface area contributed by atoms with E-state index in [0.717, 1.165) is 24.8 Å². The van der Waals surface area contributed by atoms with Crippen LogP contribution in [0.4, 0.5) is 9.18 Å². The molecule has 2 aliphatic rings. The molecule has 2 saturated carbocycles. The van der Waals surface area contributed by atoms with Gasteiger partial charge in [0.15, 0.2) is 0 Å². The molecule has 112 valence electrons. The van der Waals surface area contributed by atoms with E-state index >= 15 is 0 Å². The molecule has 6 heteroatoms. The third kappa shape index (κ3) is 3.93.